The van der Waals surface area contributed by atoms with E-state index in [-0.39, 0.29) is 6.61 Å². The molecule has 162 valence electrons. The second kappa shape index (κ2) is 10.5. The van der Waals surface area contributed by atoms with Gasteiger partial charge in [0.25, 0.3) is 0 Å². The van der Waals surface area contributed by atoms with E-state index in [2.05, 4.69) is 15.5 Å². The van der Waals surface area contributed by atoms with Gasteiger partial charge in [0.1, 0.15) is 23.1 Å². The molecule has 1 aromatic heterocycles. The number of hydrogen-bond donors (Lipinski definition) is 1. The standard InChI is InChI=1S/C24H19Cl2N3O2S/c1-30-21-11-10-16(12-18(21)14-31-22-9-5-8-19(25)23(22)26)13-27-29-24-28-20(15-32-24)17-6-3-2-4-7-17/h2-13,15H,14H2,1H3,(H,28,29). The molecule has 0 atom stereocenters. The average Bonchev–Trinajstić information content (AvgIpc) is 3.30. The van der Waals surface area contributed by atoms with Gasteiger partial charge in [0, 0.05) is 16.5 Å². The Bertz CT molecular complexity index is 1230. The van der Waals surface area contributed by atoms with Gasteiger partial charge in [0.15, 0.2) is 0 Å². The van der Waals surface area contributed by atoms with Crippen LogP contribution in [0.25, 0.3) is 11.3 Å². The van der Waals surface area contributed by atoms with Gasteiger partial charge >= 0.3 is 0 Å². The van der Waals surface area contributed by atoms with E-state index < -0.39 is 0 Å². The monoisotopic (exact) mass is 483 g/mol. The maximum absolute atomic E-state index is 6.21. The molecule has 0 bridgehead atoms. The van der Waals surface area contributed by atoms with Crippen LogP contribution >= 0.6 is 34.5 Å². The zero-order valence-corrected chi connectivity index (χ0v) is 19.4. The van der Waals surface area contributed by atoms with Gasteiger partial charge in [-0.3, -0.25) is 5.43 Å². The number of nitrogens with one attached hydrogen (secondary N) is 1. The van der Waals surface area contributed by atoms with Crippen LogP contribution < -0.4 is 14.9 Å². The molecule has 4 rings (SSSR count). The first-order valence-electron chi connectivity index (χ1n) is 9.68. The molecule has 0 aliphatic carbocycles. The number of hydrogen-bond acceptors (Lipinski definition) is 6. The number of thiazole rings is 1. The van der Waals surface area contributed by atoms with Crippen molar-refractivity contribution in [3.63, 3.8) is 0 Å². The molecule has 4 aromatic rings. The fourth-order valence-electron chi connectivity index (χ4n) is 2.97. The zero-order valence-electron chi connectivity index (χ0n) is 17.1. The highest BCUT2D eigenvalue weighted by Crippen LogP contribution is 2.32. The van der Waals surface area contributed by atoms with Crippen molar-refractivity contribution in [1.82, 2.24) is 4.98 Å². The molecule has 32 heavy (non-hydrogen) atoms. The number of anilines is 1. The van der Waals surface area contributed by atoms with Gasteiger partial charge in [-0.25, -0.2) is 4.98 Å². The number of rotatable bonds is 8. The molecule has 0 radical (unpaired) electrons. The van der Waals surface area contributed by atoms with Crippen molar-refractivity contribution >= 4 is 45.9 Å². The Balaban J connectivity index is 1.43. The van der Waals surface area contributed by atoms with Gasteiger partial charge in [-0.1, -0.05) is 59.6 Å². The molecule has 5 nitrogen and oxygen atoms in total. The maximum Gasteiger partial charge on any atom is 0.203 e. The van der Waals surface area contributed by atoms with Crippen LogP contribution in [0.5, 0.6) is 11.5 Å². The van der Waals surface area contributed by atoms with Crippen LogP contribution in [0, 0.1) is 0 Å². The normalized spacial score (nSPS) is 11.0. The third-order valence-corrected chi connectivity index (χ3v) is 6.10. The van der Waals surface area contributed by atoms with E-state index in [0.717, 1.165) is 22.4 Å². The van der Waals surface area contributed by atoms with Crippen LogP contribution in [0.15, 0.2) is 77.2 Å². The van der Waals surface area contributed by atoms with Crippen LogP contribution in [-0.4, -0.2) is 18.3 Å². The first kappa shape index (κ1) is 22.1. The average molecular weight is 484 g/mol. The van der Waals surface area contributed by atoms with Crippen molar-refractivity contribution in [2.45, 2.75) is 6.61 Å². The Morgan fingerprint density at radius 2 is 1.88 bits per heavy atom. The van der Waals surface area contributed by atoms with E-state index in [4.69, 9.17) is 32.7 Å². The Morgan fingerprint density at radius 1 is 1.03 bits per heavy atom. The minimum absolute atomic E-state index is 0.269. The summed E-state index contributed by atoms with van der Waals surface area (Å²) in [7, 11) is 1.62. The summed E-state index contributed by atoms with van der Waals surface area (Å²) < 4.78 is 11.3. The van der Waals surface area contributed by atoms with Crippen molar-refractivity contribution in [3.8, 4) is 22.8 Å². The Hall–Kier alpha value is -3.06. The van der Waals surface area contributed by atoms with Gasteiger partial charge in [0.05, 0.1) is 24.0 Å². The number of benzene rings is 3. The van der Waals surface area contributed by atoms with Gasteiger partial charge in [-0.15, -0.1) is 11.3 Å². The zero-order chi connectivity index (χ0) is 22.3. The molecule has 0 amide bonds. The number of nitrogens with zero attached hydrogens (tertiary/aromatic N) is 2. The highest BCUT2D eigenvalue weighted by molar-refractivity contribution is 7.14. The third kappa shape index (κ3) is 5.40. The van der Waals surface area contributed by atoms with Crippen LogP contribution in [-0.2, 0) is 6.61 Å². The third-order valence-electron chi connectivity index (χ3n) is 4.55. The number of aromatic nitrogens is 1. The lowest BCUT2D eigenvalue weighted by molar-refractivity contribution is 0.297. The Kier molecular flexibility index (Phi) is 7.27. The van der Waals surface area contributed by atoms with Crippen molar-refractivity contribution in [3.05, 3.63) is 93.3 Å². The quantitative estimate of drug-likeness (QED) is 0.213. The number of halogens is 2. The molecule has 1 heterocycles. The molecule has 3 aromatic carbocycles. The van der Waals surface area contributed by atoms with E-state index in [1.807, 2.05) is 53.9 Å². The number of hydrazone groups is 1. The summed E-state index contributed by atoms with van der Waals surface area (Å²) in [6, 6.07) is 21.0. The predicted octanol–water partition coefficient (Wildman–Crippen LogP) is 7.15. The maximum atomic E-state index is 6.21. The van der Waals surface area contributed by atoms with Crippen molar-refractivity contribution in [1.29, 1.82) is 0 Å². The van der Waals surface area contributed by atoms with E-state index in [9.17, 15) is 0 Å². The van der Waals surface area contributed by atoms with Crippen molar-refractivity contribution in [2.24, 2.45) is 5.10 Å². The fourth-order valence-corrected chi connectivity index (χ4v) is 3.99. The first-order valence-corrected chi connectivity index (χ1v) is 11.3. The van der Waals surface area contributed by atoms with Crippen molar-refractivity contribution in [2.75, 3.05) is 12.5 Å². The summed E-state index contributed by atoms with van der Waals surface area (Å²) in [6.45, 7) is 0.269. The minimum Gasteiger partial charge on any atom is -0.496 e. The first-order chi connectivity index (χ1) is 15.6. The predicted molar refractivity (Wildman–Crippen MR) is 133 cm³/mol. The lowest BCUT2D eigenvalue weighted by Gasteiger charge is -2.12. The van der Waals surface area contributed by atoms with Crippen LogP contribution in [0.2, 0.25) is 10.0 Å². The highest BCUT2D eigenvalue weighted by Gasteiger charge is 2.09. The Labute approximate surface area is 200 Å². The topological polar surface area (TPSA) is 55.7 Å². The van der Waals surface area contributed by atoms with E-state index in [0.29, 0.717) is 26.7 Å². The fraction of sp³-hybridized carbons (Fsp3) is 0.0833. The molecule has 0 spiro atoms. The molecular weight excluding hydrogens is 465 g/mol. The number of methoxy groups -OCH3 is 1. The van der Waals surface area contributed by atoms with E-state index >= 15 is 0 Å². The summed E-state index contributed by atoms with van der Waals surface area (Å²) >= 11 is 13.8. The van der Waals surface area contributed by atoms with Crippen molar-refractivity contribution < 1.29 is 9.47 Å². The molecule has 0 aliphatic rings. The lowest BCUT2D eigenvalue weighted by atomic mass is 10.1. The lowest BCUT2D eigenvalue weighted by Crippen LogP contribution is -2.01. The summed E-state index contributed by atoms with van der Waals surface area (Å²) in [5.41, 5.74) is 6.71. The summed E-state index contributed by atoms with van der Waals surface area (Å²) in [4.78, 5) is 4.57. The second-order valence-electron chi connectivity index (χ2n) is 6.69. The summed E-state index contributed by atoms with van der Waals surface area (Å²) in [6.07, 6.45) is 1.72. The van der Waals surface area contributed by atoms with Gasteiger partial charge in [0.2, 0.25) is 5.13 Å². The molecule has 0 fully saturated rings. The molecular formula is C24H19Cl2N3O2S. The van der Waals surface area contributed by atoms with Crippen LogP contribution in [0.3, 0.4) is 0 Å². The molecule has 1 N–H and O–H groups in total. The molecule has 0 unspecified atom stereocenters. The molecule has 0 saturated carbocycles. The summed E-state index contributed by atoms with van der Waals surface area (Å²) in [5.74, 6) is 1.22. The van der Waals surface area contributed by atoms with Crippen LogP contribution in [0.4, 0.5) is 5.13 Å². The van der Waals surface area contributed by atoms with Gasteiger partial charge in [-0.05, 0) is 35.9 Å². The highest BCUT2D eigenvalue weighted by atomic mass is 35.5. The van der Waals surface area contributed by atoms with Crippen LogP contribution in [0.1, 0.15) is 11.1 Å². The minimum atomic E-state index is 0.269. The SMILES string of the molecule is COc1ccc(C=NNc2nc(-c3ccccc3)cs2)cc1COc1cccc(Cl)c1Cl. The molecule has 8 heteroatoms. The summed E-state index contributed by atoms with van der Waals surface area (Å²) in [5, 5.41) is 7.85. The Morgan fingerprint density at radius 3 is 2.69 bits per heavy atom. The van der Waals surface area contributed by atoms with E-state index in [1.54, 1.807) is 31.5 Å². The number of ether oxygens (including phenoxy) is 2. The largest absolute Gasteiger partial charge is 0.496 e. The smallest absolute Gasteiger partial charge is 0.203 e. The second-order valence-corrected chi connectivity index (χ2v) is 8.33. The molecule has 0 aliphatic heterocycles. The van der Waals surface area contributed by atoms with Gasteiger partial charge in [-0.2, -0.15) is 5.10 Å². The van der Waals surface area contributed by atoms with Gasteiger partial charge < -0.3 is 9.47 Å². The van der Waals surface area contributed by atoms with E-state index in [1.165, 1.54) is 11.3 Å². The molecule has 0 saturated heterocycles.